The Morgan fingerprint density at radius 1 is 1.29 bits per heavy atom. The topological polar surface area (TPSA) is 130 Å². The highest BCUT2D eigenvalue weighted by Crippen LogP contribution is 2.24. The molecule has 1 aliphatic rings. The van der Waals surface area contributed by atoms with Gasteiger partial charge in [-0.25, -0.2) is 4.79 Å². The van der Waals surface area contributed by atoms with Crippen LogP contribution >= 0.6 is 0 Å². The zero-order valence-corrected chi connectivity index (χ0v) is 9.26. The molecule has 1 rings (SSSR count). The van der Waals surface area contributed by atoms with Gasteiger partial charge in [0.25, 0.3) is 0 Å². The third kappa shape index (κ3) is 3.70. The third-order valence-corrected chi connectivity index (χ3v) is 2.90. The van der Waals surface area contributed by atoms with Crippen molar-refractivity contribution in [1.29, 1.82) is 0 Å². The number of rotatable bonds is 5. The van der Waals surface area contributed by atoms with E-state index in [0.717, 1.165) is 12.8 Å². The fraction of sp³-hybridized carbons (Fsp3) is 0.700. The summed E-state index contributed by atoms with van der Waals surface area (Å²) >= 11 is 0. The third-order valence-electron chi connectivity index (χ3n) is 2.90. The summed E-state index contributed by atoms with van der Waals surface area (Å²) in [6.45, 7) is 0. The van der Waals surface area contributed by atoms with E-state index in [9.17, 15) is 14.4 Å². The molecular formula is C10H16N2O5. The van der Waals surface area contributed by atoms with Gasteiger partial charge in [0.05, 0.1) is 12.3 Å². The average Bonchev–Trinajstić information content (AvgIpc) is 2.62. The van der Waals surface area contributed by atoms with Crippen molar-refractivity contribution >= 4 is 17.8 Å². The van der Waals surface area contributed by atoms with Gasteiger partial charge >= 0.3 is 11.9 Å². The van der Waals surface area contributed by atoms with Crippen molar-refractivity contribution in [2.75, 3.05) is 0 Å². The van der Waals surface area contributed by atoms with Crippen LogP contribution in [0.5, 0.6) is 0 Å². The second-order valence-corrected chi connectivity index (χ2v) is 4.20. The number of aliphatic carboxylic acids is 2. The molecule has 0 spiro atoms. The number of hydrogen-bond acceptors (Lipinski definition) is 4. The van der Waals surface area contributed by atoms with Crippen LogP contribution in [0, 0.1) is 5.92 Å². The zero-order valence-electron chi connectivity index (χ0n) is 9.26. The Kier molecular flexibility index (Phi) is 4.45. The minimum Gasteiger partial charge on any atom is -0.481 e. The largest absolute Gasteiger partial charge is 0.481 e. The van der Waals surface area contributed by atoms with E-state index in [1.807, 2.05) is 0 Å². The predicted molar refractivity (Wildman–Crippen MR) is 57.1 cm³/mol. The van der Waals surface area contributed by atoms with Crippen molar-refractivity contribution < 1.29 is 24.6 Å². The number of nitrogens with one attached hydrogen (secondary N) is 1. The first-order chi connectivity index (χ1) is 7.91. The Morgan fingerprint density at radius 3 is 2.35 bits per heavy atom. The summed E-state index contributed by atoms with van der Waals surface area (Å²) in [7, 11) is 0. The Morgan fingerprint density at radius 2 is 1.94 bits per heavy atom. The fourth-order valence-electron chi connectivity index (χ4n) is 1.97. The molecule has 0 aliphatic heterocycles. The number of carboxylic acid groups (broad SMARTS) is 2. The van der Waals surface area contributed by atoms with Crippen molar-refractivity contribution in [3.05, 3.63) is 0 Å². The van der Waals surface area contributed by atoms with E-state index in [0.29, 0.717) is 6.42 Å². The summed E-state index contributed by atoms with van der Waals surface area (Å²) in [5, 5.41) is 19.5. The Balaban J connectivity index is 2.57. The van der Waals surface area contributed by atoms with Crippen LogP contribution in [-0.4, -0.2) is 40.1 Å². The van der Waals surface area contributed by atoms with Gasteiger partial charge in [0.1, 0.15) is 6.04 Å². The second kappa shape index (κ2) is 5.62. The first-order valence-corrected chi connectivity index (χ1v) is 5.42. The van der Waals surface area contributed by atoms with Gasteiger partial charge in [0, 0.05) is 6.04 Å². The summed E-state index contributed by atoms with van der Waals surface area (Å²) < 4.78 is 0. The zero-order chi connectivity index (χ0) is 13.0. The lowest BCUT2D eigenvalue weighted by Gasteiger charge is -2.18. The van der Waals surface area contributed by atoms with Crippen LogP contribution in [0.15, 0.2) is 0 Å². The van der Waals surface area contributed by atoms with Gasteiger partial charge in [-0.05, 0) is 12.8 Å². The maximum atomic E-state index is 11.7. The molecule has 0 bridgehead atoms. The highest BCUT2D eigenvalue weighted by Gasteiger charge is 2.33. The standard InChI is InChI=1S/C10H16N2O5/c11-6-3-1-2-5(6)9(15)12-7(10(16)17)4-8(13)14/h5-7H,1-4,11H2,(H,12,15)(H,13,14)(H,16,17). The molecule has 96 valence electrons. The maximum absolute atomic E-state index is 11.7. The van der Waals surface area contributed by atoms with Gasteiger partial charge in [-0.2, -0.15) is 0 Å². The Bertz CT molecular complexity index is 331. The Labute approximate surface area is 98.0 Å². The van der Waals surface area contributed by atoms with E-state index >= 15 is 0 Å². The lowest BCUT2D eigenvalue weighted by atomic mass is 10.0. The smallest absolute Gasteiger partial charge is 0.326 e. The van der Waals surface area contributed by atoms with Gasteiger partial charge in [-0.15, -0.1) is 0 Å². The number of carboxylic acids is 2. The van der Waals surface area contributed by atoms with E-state index in [2.05, 4.69) is 5.32 Å². The van der Waals surface area contributed by atoms with Crippen molar-refractivity contribution in [2.24, 2.45) is 11.7 Å². The maximum Gasteiger partial charge on any atom is 0.326 e. The van der Waals surface area contributed by atoms with E-state index < -0.39 is 36.2 Å². The molecular weight excluding hydrogens is 228 g/mol. The second-order valence-electron chi connectivity index (χ2n) is 4.20. The molecule has 5 N–H and O–H groups in total. The highest BCUT2D eigenvalue weighted by molar-refractivity contribution is 5.88. The lowest BCUT2D eigenvalue weighted by molar-refractivity contribution is -0.147. The summed E-state index contributed by atoms with van der Waals surface area (Å²) in [4.78, 5) is 32.9. The molecule has 0 saturated heterocycles. The number of carbonyl (C=O) groups is 3. The molecule has 1 amide bonds. The summed E-state index contributed by atoms with van der Waals surface area (Å²) in [6.07, 6.45) is 1.54. The Hall–Kier alpha value is -1.63. The van der Waals surface area contributed by atoms with Gasteiger partial charge in [0.15, 0.2) is 0 Å². The molecule has 17 heavy (non-hydrogen) atoms. The molecule has 1 aliphatic carbocycles. The molecule has 0 aromatic carbocycles. The molecule has 7 nitrogen and oxygen atoms in total. The van der Waals surface area contributed by atoms with E-state index in [-0.39, 0.29) is 6.04 Å². The highest BCUT2D eigenvalue weighted by atomic mass is 16.4. The molecule has 3 atom stereocenters. The summed E-state index contributed by atoms with van der Waals surface area (Å²) in [6, 6.07) is -1.66. The molecule has 0 radical (unpaired) electrons. The number of nitrogens with two attached hydrogens (primary N) is 1. The fourth-order valence-corrected chi connectivity index (χ4v) is 1.97. The first-order valence-electron chi connectivity index (χ1n) is 5.42. The summed E-state index contributed by atoms with van der Waals surface area (Å²) in [5.41, 5.74) is 5.71. The van der Waals surface area contributed by atoms with Crippen LogP contribution in [0.2, 0.25) is 0 Å². The molecule has 0 heterocycles. The van der Waals surface area contributed by atoms with Crippen molar-refractivity contribution in [3.63, 3.8) is 0 Å². The van der Waals surface area contributed by atoms with Crippen LogP contribution in [0.3, 0.4) is 0 Å². The molecule has 0 aromatic heterocycles. The molecule has 7 heteroatoms. The van der Waals surface area contributed by atoms with Crippen LogP contribution in [0.4, 0.5) is 0 Å². The minimum atomic E-state index is -1.40. The number of hydrogen-bond donors (Lipinski definition) is 4. The lowest BCUT2D eigenvalue weighted by Crippen LogP contribution is -2.47. The monoisotopic (exact) mass is 244 g/mol. The molecule has 1 fully saturated rings. The molecule has 1 saturated carbocycles. The molecule has 3 unspecified atom stereocenters. The number of amides is 1. The van der Waals surface area contributed by atoms with Gasteiger partial charge in [-0.3, -0.25) is 9.59 Å². The van der Waals surface area contributed by atoms with Gasteiger partial charge in [-0.1, -0.05) is 6.42 Å². The number of carbonyl (C=O) groups excluding carboxylic acids is 1. The van der Waals surface area contributed by atoms with Gasteiger partial charge < -0.3 is 21.3 Å². The predicted octanol–water partition coefficient (Wildman–Crippen LogP) is -0.842. The quantitative estimate of drug-likeness (QED) is 0.499. The molecule has 0 aromatic rings. The van der Waals surface area contributed by atoms with Crippen LogP contribution in [0.1, 0.15) is 25.7 Å². The van der Waals surface area contributed by atoms with E-state index in [1.165, 1.54) is 0 Å². The first kappa shape index (κ1) is 13.4. The van der Waals surface area contributed by atoms with Crippen LogP contribution in [-0.2, 0) is 14.4 Å². The average molecular weight is 244 g/mol. The summed E-state index contributed by atoms with van der Waals surface area (Å²) in [5.74, 6) is -3.50. The van der Waals surface area contributed by atoms with E-state index in [1.54, 1.807) is 0 Å². The SMILES string of the molecule is NC1CCCC1C(=O)NC(CC(=O)O)C(=O)O. The minimum absolute atomic E-state index is 0.269. The van der Waals surface area contributed by atoms with Crippen LogP contribution < -0.4 is 11.1 Å². The van der Waals surface area contributed by atoms with Gasteiger partial charge in [0.2, 0.25) is 5.91 Å². The normalized spacial score (nSPS) is 25.2. The van der Waals surface area contributed by atoms with Crippen LogP contribution in [0.25, 0.3) is 0 Å². The van der Waals surface area contributed by atoms with Crippen molar-refractivity contribution in [1.82, 2.24) is 5.32 Å². The van der Waals surface area contributed by atoms with Crippen molar-refractivity contribution in [3.8, 4) is 0 Å². The van der Waals surface area contributed by atoms with Crippen molar-refractivity contribution in [2.45, 2.75) is 37.8 Å². The van der Waals surface area contributed by atoms with E-state index in [4.69, 9.17) is 15.9 Å².